The molecule has 0 heterocycles. The van der Waals surface area contributed by atoms with Gasteiger partial charge in [-0.05, 0) is 28.1 Å². The van der Waals surface area contributed by atoms with Crippen molar-refractivity contribution < 1.29 is 14.3 Å². The summed E-state index contributed by atoms with van der Waals surface area (Å²) in [6.07, 6.45) is 0. The van der Waals surface area contributed by atoms with E-state index in [1.54, 1.807) is 32.4 Å². The van der Waals surface area contributed by atoms with E-state index in [1.165, 1.54) is 0 Å². The number of carbonyl (C=O) groups is 1. The summed E-state index contributed by atoms with van der Waals surface area (Å²) in [5, 5.41) is 2.47. The van der Waals surface area contributed by atoms with E-state index >= 15 is 0 Å². The highest BCUT2D eigenvalue weighted by atomic mass is 79.9. The summed E-state index contributed by atoms with van der Waals surface area (Å²) in [4.78, 5) is 11.0. The number of benzene rings is 1. The Morgan fingerprint density at radius 1 is 1.53 bits per heavy atom. The number of methoxy groups -OCH3 is 1. The predicted molar refractivity (Wildman–Crippen MR) is 60.3 cm³/mol. The average Bonchev–Trinajstić information content (AvgIpc) is 2.27. The highest BCUT2D eigenvalue weighted by Crippen LogP contribution is 2.29. The van der Waals surface area contributed by atoms with Crippen molar-refractivity contribution in [2.24, 2.45) is 0 Å². The normalized spacial score (nSPS) is 9.53. The molecule has 0 radical (unpaired) electrons. The van der Waals surface area contributed by atoms with Crippen LogP contribution in [0.25, 0.3) is 0 Å². The summed E-state index contributed by atoms with van der Waals surface area (Å²) in [6.45, 7) is -0.0116. The standard InChI is InChI=1S/C10H12BrNO3/c1-12-10(13)6-15-9-5-7(14-2)3-4-8(9)11/h3-5H,6H2,1-2H3,(H,12,13). The molecule has 1 aromatic rings. The van der Waals surface area contributed by atoms with Crippen molar-refractivity contribution in [2.45, 2.75) is 0 Å². The Kier molecular flexibility index (Phi) is 4.42. The second-order valence-electron chi connectivity index (χ2n) is 2.76. The van der Waals surface area contributed by atoms with E-state index in [9.17, 15) is 4.79 Å². The second kappa shape index (κ2) is 5.60. The highest BCUT2D eigenvalue weighted by Gasteiger charge is 2.05. The molecular formula is C10H12BrNO3. The van der Waals surface area contributed by atoms with Crippen molar-refractivity contribution in [3.8, 4) is 11.5 Å². The van der Waals surface area contributed by atoms with Crippen LogP contribution in [0.3, 0.4) is 0 Å². The zero-order chi connectivity index (χ0) is 11.3. The number of rotatable bonds is 4. The van der Waals surface area contributed by atoms with E-state index in [1.807, 2.05) is 0 Å². The molecule has 0 aliphatic heterocycles. The van der Waals surface area contributed by atoms with Crippen LogP contribution in [-0.2, 0) is 4.79 Å². The first-order valence-electron chi connectivity index (χ1n) is 4.34. The molecule has 0 unspecified atom stereocenters. The third-order valence-corrected chi connectivity index (χ3v) is 2.43. The lowest BCUT2D eigenvalue weighted by Crippen LogP contribution is -2.24. The number of likely N-dealkylation sites (N-methyl/N-ethyl adjacent to an activating group) is 1. The summed E-state index contributed by atoms with van der Waals surface area (Å²) < 4.78 is 11.1. The molecule has 0 aromatic heterocycles. The summed E-state index contributed by atoms with van der Waals surface area (Å²) in [5.41, 5.74) is 0. The molecule has 15 heavy (non-hydrogen) atoms. The minimum absolute atomic E-state index is 0.0116. The van der Waals surface area contributed by atoms with Gasteiger partial charge < -0.3 is 14.8 Å². The molecule has 0 saturated carbocycles. The fourth-order valence-electron chi connectivity index (χ4n) is 0.937. The number of halogens is 1. The van der Waals surface area contributed by atoms with Crippen molar-refractivity contribution in [3.63, 3.8) is 0 Å². The molecule has 1 amide bonds. The van der Waals surface area contributed by atoms with Gasteiger partial charge >= 0.3 is 0 Å². The third-order valence-electron chi connectivity index (χ3n) is 1.78. The first kappa shape index (κ1) is 11.8. The Morgan fingerprint density at radius 3 is 2.87 bits per heavy atom. The topological polar surface area (TPSA) is 47.6 Å². The number of amides is 1. The van der Waals surface area contributed by atoms with Gasteiger partial charge in [-0.3, -0.25) is 4.79 Å². The SMILES string of the molecule is CNC(=O)COc1cc(OC)ccc1Br. The minimum atomic E-state index is -0.176. The minimum Gasteiger partial charge on any atom is -0.497 e. The van der Waals surface area contributed by atoms with Crippen molar-refractivity contribution in [1.82, 2.24) is 5.32 Å². The van der Waals surface area contributed by atoms with E-state index in [0.29, 0.717) is 11.5 Å². The van der Waals surface area contributed by atoms with E-state index in [-0.39, 0.29) is 12.5 Å². The molecule has 1 rings (SSSR count). The molecule has 0 bridgehead atoms. The Labute approximate surface area is 96.7 Å². The molecular weight excluding hydrogens is 262 g/mol. The van der Waals surface area contributed by atoms with Crippen molar-refractivity contribution in [2.75, 3.05) is 20.8 Å². The largest absolute Gasteiger partial charge is 0.497 e. The zero-order valence-corrected chi connectivity index (χ0v) is 10.1. The molecule has 0 aliphatic rings. The lowest BCUT2D eigenvalue weighted by atomic mass is 10.3. The first-order valence-corrected chi connectivity index (χ1v) is 5.13. The maximum Gasteiger partial charge on any atom is 0.257 e. The Morgan fingerprint density at radius 2 is 2.27 bits per heavy atom. The average molecular weight is 274 g/mol. The van der Waals surface area contributed by atoms with Crippen LogP contribution in [0.15, 0.2) is 22.7 Å². The number of hydrogen-bond acceptors (Lipinski definition) is 3. The smallest absolute Gasteiger partial charge is 0.257 e. The van der Waals surface area contributed by atoms with E-state index in [0.717, 1.165) is 4.47 Å². The van der Waals surface area contributed by atoms with Crippen LogP contribution in [0.1, 0.15) is 0 Å². The van der Waals surface area contributed by atoms with Gasteiger partial charge in [0.2, 0.25) is 0 Å². The van der Waals surface area contributed by atoms with Crippen LogP contribution < -0.4 is 14.8 Å². The molecule has 0 aliphatic carbocycles. The fraction of sp³-hybridized carbons (Fsp3) is 0.300. The van der Waals surface area contributed by atoms with E-state index in [2.05, 4.69) is 21.2 Å². The monoisotopic (exact) mass is 273 g/mol. The molecule has 4 nitrogen and oxygen atoms in total. The van der Waals surface area contributed by atoms with Gasteiger partial charge in [-0.15, -0.1) is 0 Å². The Hall–Kier alpha value is -1.23. The van der Waals surface area contributed by atoms with Crippen molar-refractivity contribution in [1.29, 1.82) is 0 Å². The number of carbonyl (C=O) groups excluding carboxylic acids is 1. The van der Waals surface area contributed by atoms with Crippen LogP contribution in [0.4, 0.5) is 0 Å². The van der Waals surface area contributed by atoms with Gasteiger partial charge in [0.15, 0.2) is 6.61 Å². The van der Waals surface area contributed by atoms with Gasteiger partial charge in [0.25, 0.3) is 5.91 Å². The van der Waals surface area contributed by atoms with Gasteiger partial charge in [0, 0.05) is 13.1 Å². The fourth-order valence-corrected chi connectivity index (χ4v) is 1.30. The summed E-state index contributed by atoms with van der Waals surface area (Å²) >= 11 is 3.32. The number of hydrogen-bond donors (Lipinski definition) is 1. The van der Waals surface area contributed by atoms with Gasteiger partial charge in [0.05, 0.1) is 11.6 Å². The summed E-state index contributed by atoms with van der Waals surface area (Å²) in [5.74, 6) is 1.09. The molecule has 1 aromatic carbocycles. The van der Waals surface area contributed by atoms with Crippen LogP contribution in [0, 0.1) is 0 Å². The summed E-state index contributed by atoms with van der Waals surface area (Å²) in [6, 6.07) is 5.32. The molecule has 0 spiro atoms. The van der Waals surface area contributed by atoms with Gasteiger partial charge in [0.1, 0.15) is 11.5 Å². The molecule has 0 saturated heterocycles. The molecule has 0 atom stereocenters. The van der Waals surface area contributed by atoms with Gasteiger partial charge in [-0.2, -0.15) is 0 Å². The molecule has 5 heteroatoms. The maximum absolute atomic E-state index is 11.0. The Bertz CT molecular complexity index is 355. The molecule has 0 fully saturated rings. The van der Waals surface area contributed by atoms with Gasteiger partial charge in [-0.25, -0.2) is 0 Å². The number of ether oxygens (including phenoxy) is 2. The quantitative estimate of drug-likeness (QED) is 0.906. The van der Waals surface area contributed by atoms with Crippen LogP contribution in [0.2, 0.25) is 0 Å². The molecule has 1 N–H and O–H groups in total. The van der Waals surface area contributed by atoms with Crippen LogP contribution in [0.5, 0.6) is 11.5 Å². The second-order valence-corrected chi connectivity index (χ2v) is 3.61. The summed E-state index contributed by atoms with van der Waals surface area (Å²) in [7, 11) is 3.14. The maximum atomic E-state index is 11.0. The zero-order valence-electron chi connectivity index (χ0n) is 8.54. The van der Waals surface area contributed by atoms with E-state index in [4.69, 9.17) is 9.47 Å². The lowest BCUT2D eigenvalue weighted by molar-refractivity contribution is -0.122. The Balaban J connectivity index is 2.70. The number of nitrogens with one attached hydrogen (secondary N) is 1. The van der Waals surface area contributed by atoms with E-state index < -0.39 is 0 Å². The third kappa shape index (κ3) is 3.43. The lowest BCUT2D eigenvalue weighted by Gasteiger charge is -2.08. The van der Waals surface area contributed by atoms with Crippen LogP contribution >= 0.6 is 15.9 Å². The van der Waals surface area contributed by atoms with Gasteiger partial charge in [-0.1, -0.05) is 0 Å². The highest BCUT2D eigenvalue weighted by molar-refractivity contribution is 9.10. The van der Waals surface area contributed by atoms with Crippen molar-refractivity contribution >= 4 is 21.8 Å². The first-order chi connectivity index (χ1) is 7.17. The predicted octanol–water partition coefficient (Wildman–Crippen LogP) is 1.58. The van der Waals surface area contributed by atoms with Crippen LogP contribution in [-0.4, -0.2) is 26.7 Å². The van der Waals surface area contributed by atoms with Crippen molar-refractivity contribution in [3.05, 3.63) is 22.7 Å². The molecule has 82 valence electrons.